The molecule has 6 heteroatoms. The molecule has 2 bridgehead atoms. The number of hydrogen-bond donors (Lipinski definition) is 2. The Morgan fingerprint density at radius 1 is 1.32 bits per heavy atom. The van der Waals surface area contributed by atoms with Crippen LogP contribution in [0.2, 0.25) is 0 Å². The molecular weight excluding hydrogens is 246 g/mol. The van der Waals surface area contributed by atoms with Crippen LogP contribution in [0.1, 0.15) is 32.6 Å². The lowest BCUT2D eigenvalue weighted by molar-refractivity contribution is -0.137. The fourth-order valence-electron chi connectivity index (χ4n) is 3.11. The second-order valence-corrected chi connectivity index (χ2v) is 5.73. The van der Waals surface area contributed by atoms with Gasteiger partial charge in [0.1, 0.15) is 0 Å². The lowest BCUT2D eigenvalue weighted by atomic mass is 10.1. The van der Waals surface area contributed by atoms with Gasteiger partial charge in [0.15, 0.2) is 0 Å². The third kappa shape index (κ3) is 3.37. The largest absolute Gasteiger partial charge is 0.481 e. The Morgan fingerprint density at radius 3 is 2.68 bits per heavy atom. The maximum absolute atomic E-state index is 12.1. The molecule has 108 valence electrons. The van der Waals surface area contributed by atoms with Gasteiger partial charge in [-0.25, -0.2) is 4.79 Å². The molecule has 2 aliphatic rings. The molecule has 2 rings (SSSR count). The van der Waals surface area contributed by atoms with Crippen LogP contribution in [0.3, 0.4) is 0 Å². The molecule has 2 fully saturated rings. The molecule has 2 saturated heterocycles. The number of hydrogen-bond acceptors (Lipinski definition) is 3. The Bertz CT molecular complexity index is 361. The molecule has 6 nitrogen and oxygen atoms in total. The molecule has 0 aromatic carbocycles. The zero-order valence-corrected chi connectivity index (χ0v) is 11.6. The average Bonchev–Trinajstić information content (AvgIpc) is 2.51. The normalized spacial score (nSPS) is 28.8. The molecule has 19 heavy (non-hydrogen) atoms. The van der Waals surface area contributed by atoms with Crippen LogP contribution in [0, 0.1) is 0 Å². The van der Waals surface area contributed by atoms with E-state index >= 15 is 0 Å². The van der Waals surface area contributed by atoms with E-state index in [1.807, 2.05) is 4.90 Å². The molecule has 0 aromatic rings. The first-order chi connectivity index (χ1) is 8.97. The van der Waals surface area contributed by atoms with Crippen LogP contribution in [0.25, 0.3) is 0 Å². The number of aliphatic carboxylic acids is 1. The molecule has 0 radical (unpaired) electrons. The van der Waals surface area contributed by atoms with Crippen molar-refractivity contribution in [1.82, 2.24) is 15.1 Å². The zero-order valence-electron chi connectivity index (χ0n) is 11.6. The molecule has 0 saturated carbocycles. The van der Waals surface area contributed by atoms with Gasteiger partial charge in [-0.15, -0.1) is 0 Å². The highest BCUT2D eigenvalue weighted by Crippen LogP contribution is 2.28. The van der Waals surface area contributed by atoms with Crippen molar-refractivity contribution < 1.29 is 14.7 Å². The summed E-state index contributed by atoms with van der Waals surface area (Å²) in [5.74, 6) is -0.887. The molecule has 2 amide bonds. The van der Waals surface area contributed by atoms with Crippen molar-refractivity contribution >= 4 is 12.0 Å². The SMILES string of the molecule is CC(CC(=O)O)NC(=O)N1CCC2CCC(C1)N2C. The topological polar surface area (TPSA) is 72.9 Å². The van der Waals surface area contributed by atoms with Crippen LogP contribution in [0.15, 0.2) is 0 Å². The molecular formula is C13H23N3O3. The van der Waals surface area contributed by atoms with Crippen LogP contribution in [-0.4, -0.2) is 65.2 Å². The number of likely N-dealkylation sites (N-methyl/N-ethyl adjacent to an activating group) is 1. The highest BCUT2D eigenvalue weighted by molar-refractivity contribution is 5.76. The summed E-state index contributed by atoms with van der Waals surface area (Å²) in [5, 5.41) is 11.5. The van der Waals surface area contributed by atoms with E-state index in [0.29, 0.717) is 12.1 Å². The van der Waals surface area contributed by atoms with Crippen molar-refractivity contribution in [3.63, 3.8) is 0 Å². The van der Waals surface area contributed by atoms with Crippen molar-refractivity contribution in [2.75, 3.05) is 20.1 Å². The lowest BCUT2D eigenvalue weighted by Crippen LogP contribution is -2.47. The summed E-state index contributed by atoms with van der Waals surface area (Å²) in [5.41, 5.74) is 0. The van der Waals surface area contributed by atoms with Gasteiger partial charge in [-0.2, -0.15) is 0 Å². The van der Waals surface area contributed by atoms with Gasteiger partial charge in [0.2, 0.25) is 0 Å². The van der Waals surface area contributed by atoms with Crippen molar-refractivity contribution in [2.24, 2.45) is 0 Å². The van der Waals surface area contributed by atoms with E-state index in [1.165, 1.54) is 6.42 Å². The molecule has 2 aliphatic heterocycles. The highest BCUT2D eigenvalue weighted by Gasteiger charge is 2.36. The number of carboxylic acids is 1. The van der Waals surface area contributed by atoms with E-state index in [0.717, 1.165) is 25.9 Å². The first-order valence-corrected chi connectivity index (χ1v) is 6.96. The van der Waals surface area contributed by atoms with E-state index in [4.69, 9.17) is 5.11 Å². The summed E-state index contributed by atoms with van der Waals surface area (Å²) in [4.78, 5) is 26.9. The molecule has 0 aliphatic carbocycles. The summed E-state index contributed by atoms with van der Waals surface area (Å²) in [6, 6.07) is 0.588. The predicted octanol–water partition coefficient (Wildman–Crippen LogP) is 0.728. The van der Waals surface area contributed by atoms with Crippen LogP contribution >= 0.6 is 0 Å². The zero-order chi connectivity index (χ0) is 14.0. The first kappa shape index (κ1) is 14.1. The maximum Gasteiger partial charge on any atom is 0.317 e. The van der Waals surface area contributed by atoms with E-state index in [2.05, 4.69) is 17.3 Å². The molecule has 2 N–H and O–H groups in total. The minimum Gasteiger partial charge on any atom is -0.481 e. The summed E-state index contributed by atoms with van der Waals surface area (Å²) in [7, 11) is 2.14. The number of urea groups is 1. The van der Waals surface area contributed by atoms with E-state index < -0.39 is 5.97 Å². The number of nitrogens with zero attached hydrogens (tertiary/aromatic N) is 2. The molecule has 3 atom stereocenters. The van der Waals surface area contributed by atoms with Crippen LogP contribution in [0.4, 0.5) is 4.79 Å². The number of fused-ring (bicyclic) bond motifs is 2. The van der Waals surface area contributed by atoms with Crippen LogP contribution in [0.5, 0.6) is 0 Å². The number of carbonyl (C=O) groups is 2. The Hall–Kier alpha value is -1.30. The number of rotatable bonds is 3. The van der Waals surface area contributed by atoms with Gasteiger partial charge >= 0.3 is 12.0 Å². The molecule has 3 unspecified atom stereocenters. The highest BCUT2D eigenvalue weighted by atomic mass is 16.4. The van der Waals surface area contributed by atoms with Crippen molar-refractivity contribution in [3.05, 3.63) is 0 Å². The quantitative estimate of drug-likeness (QED) is 0.792. The van der Waals surface area contributed by atoms with E-state index in [1.54, 1.807) is 6.92 Å². The summed E-state index contributed by atoms with van der Waals surface area (Å²) in [6.07, 6.45) is 3.35. The second-order valence-electron chi connectivity index (χ2n) is 5.73. The van der Waals surface area contributed by atoms with E-state index in [-0.39, 0.29) is 18.5 Å². The Kier molecular flexibility index (Phi) is 4.29. The summed E-state index contributed by atoms with van der Waals surface area (Å²) >= 11 is 0. The Balaban J connectivity index is 1.88. The summed E-state index contributed by atoms with van der Waals surface area (Å²) in [6.45, 7) is 3.23. The standard InChI is InChI=1S/C13H23N3O3/c1-9(7-12(17)18)14-13(19)16-6-5-10-3-4-11(8-16)15(10)2/h9-11H,3-8H2,1-2H3,(H,14,19)(H,17,18). The number of amides is 2. The predicted molar refractivity (Wildman–Crippen MR) is 71.0 cm³/mol. The fourth-order valence-corrected chi connectivity index (χ4v) is 3.11. The average molecular weight is 269 g/mol. The number of likely N-dealkylation sites (tertiary alicyclic amines) is 1. The third-order valence-corrected chi connectivity index (χ3v) is 4.29. The third-order valence-electron chi connectivity index (χ3n) is 4.29. The smallest absolute Gasteiger partial charge is 0.317 e. The molecule has 0 spiro atoms. The minimum atomic E-state index is -0.887. The molecule has 2 heterocycles. The van der Waals surface area contributed by atoms with Gasteiger partial charge in [0.05, 0.1) is 6.42 Å². The van der Waals surface area contributed by atoms with Gasteiger partial charge in [-0.05, 0) is 33.2 Å². The van der Waals surface area contributed by atoms with Gasteiger partial charge in [-0.3, -0.25) is 9.69 Å². The van der Waals surface area contributed by atoms with Crippen molar-refractivity contribution in [1.29, 1.82) is 0 Å². The number of nitrogens with one attached hydrogen (secondary N) is 1. The maximum atomic E-state index is 12.1. The molecule has 0 aromatic heterocycles. The van der Waals surface area contributed by atoms with E-state index in [9.17, 15) is 9.59 Å². The summed E-state index contributed by atoms with van der Waals surface area (Å²) < 4.78 is 0. The van der Waals surface area contributed by atoms with Gasteiger partial charge < -0.3 is 15.3 Å². The first-order valence-electron chi connectivity index (χ1n) is 6.96. The fraction of sp³-hybridized carbons (Fsp3) is 0.846. The van der Waals surface area contributed by atoms with Crippen LogP contribution < -0.4 is 5.32 Å². The Labute approximate surface area is 113 Å². The van der Waals surface area contributed by atoms with Gasteiger partial charge in [0.25, 0.3) is 0 Å². The van der Waals surface area contributed by atoms with Crippen molar-refractivity contribution in [2.45, 2.75) is 50.7 Å². The Morgan fingerprint density at radius 2 is 2.00 bits per heavy atom. The lowest BCUT2D eigenvalue weighted by Gasteiger charge is -2.27. The van der Waals surface area contributed by atoms with Crippen molar-refractivity contribution in [3.8, 4) is 0 Å². The second kappa shape index (κ2) is 5.77. The van der Waals surface area contributed by atoms with Gasteiger partial charge in [0, 0.05) is 31.2 Å². The number of carbonyl (C=O) groups excluding carboxylic acids is 1. The number of carboxylic acid groups (broad SMARTS) is 1. The van der Waals surface area contributed by atoms with Crippen LogP contribution in [-0.2, 0) is 4.79 Å². The minimum absolute atomic E-state index is 0.0362. The van der Waals surface area contributed by atoms with Gasteiger partial charge in [-0.1, -0.05) is 0 Å². The monoisotopic (exact) mass is 269 g/mol.